The van der Waals surface area contributed by atoms with Crippen molar-refractivity contribution in [3.05, 3.63) is 58.6 Å². The number of aromatic nitrogens is 4. The summed E-state index contributed by atoms with van der Waals surface area (Å²) in [4.78, 5) is 22.3. The van der Waals surface area contributed by atoms with E-state index in [-0.39, 0.29) is 29.0 Å². The highest BCUT2D eigenvalue weighted by Crippen LogP contribution is 2.32. The van der Waals surface area contributed by atoms with Gasteiger partial charge in [-0.15, -0.1) is 11.3 Å². The molecule has 1 fully saturated rings. The SMILES string of the molecule is Cc1cc(C(F)(F)F)n(-c2nc(C(=O)N3C[C@@H](Cc4ccncc4)[C@@H](O)C3)cs2)n1. The van der Waals surface area contributed by atoms with Crippen LogP contribution in [0.25, 0.3) is 5.13 Å². The highest BCUT2D eigenvalue weighted by molar-refractivity contribution is 7.12. The number of nitrogens with zero attached hydrogens (tertiary/aromatic N) is 5. The number of amides is 1. The topological polar surface area (TPSA) is 84.1 Å². The lowest BCUT2D eigenvalue weighted by molar-refractivity contribution is -0.142. The van der Waals surface area contributed by atoms with Crippen LogP contribution < -0.4 is 0 Å². The molecule has 1 N–H and O–H groups in total. The largest absolute Gasteiger partial charge is 0.433 e. The van der Waals surface area contributed by atoms with Crippen LogP contribution in [0.3, 0.4) is 0 Å². The summed E-state index contributed by atoms with van der Waals surface area (Å²) in [6, 6.07) is 4.64. The number of rotatable bonds is 4. The van der Waals surface area contributed by atoms with E-state index in [1.807, 2.05) is 12.1 Å². The molecule has 158 valence electrons. The van der Waals surface area contributed by atoms with E-state index in [1.54, 1.807) is 12.4 Å². The van der Waals surface area contributed by atoms with Gasteiger partial charge in [-0.2, -0.15) is 18.3 Å². The molecular weight excluding hydrogens is 419 g/mol. The van der Waals surface area contributed by atoms with Gasteiger partial charge in [-0.05, 0) is 37.1 Å². The predicted octanol–water partition coefficient (Wildman–Crippen LogP) is 2.73. The summed E-state index contributed by atoms with van der Waals surface area (Å²) in [7, 11) is 0. The first-order chi connectivity index (χ1) is 14.2. The second-order valence-corrected chi connectivity index (χ2v) is 8.03. The molecule has 0 aromatic carbocycles. The summed E-state index contributed by atoms with van der Waals surface area (Å²) >= 11 is 0.910. The second-order valence-electron chi connectivity index (χ2n) is 7.19. The van der Waals surface area contributed by atoms with E-state index in [0.29, 0.717) is 17.6 Å². The number of aryl methyl sites for hydroxylation is 1. The Bertz CT molecular complexity index is 1050. The Hall–Kier alpha value is -2.79. The third kappa shape index (κ3) is 4.08. The molecule has 0 radical (unpaired) electrons. The molecule has 30 heavy (non-hydrogen) atoms. The Balaban J connectivity index is 1.50. The van der Waals surface area contributed by atoms with Crippen molar-refractivity contribution < 1.29 is 23.1 Å². The standard InChI is InChI=1S/C19H18F3N5O2S/c1-11-6-16(19(20,21)22)27(25-11)18-24-14(10-30-18)17(29)26-8-13(15(28)9-26)7-12-2-4-23-5-3-12/h2-6,10,13,15,28H,7-9H2,1H3/t13-,15+/m1/s1. The van der Waals surface area contributed by atoms with E-state index in [2.05, 4.69) is 15.1 Å². The second kappa shape index (κ2) is 7.80. The van der Waals surface area contributed by atoms with Crippen molar-refractivity contribution in [2.24, 2.45) is 5.92 Å². The van der Waals surface area contributed by atoms with Gasteiger partial charge in [0.2, 0.25) is 5.13 Å². The van der Waals surface area contributed by atoms with Crippen LogP contribution in [0.2, 0.25) is 0 Å². The fraction of sp³-hybridized carbons (Fsp3) is 0.368. The number of pyridine rings is 1. The normalized spacial score (nSPS) is 19.4. The summed E-state index contributed by atoms with van der Waals surface area (Å²) in [6.45, 7) is 1.94. The number of β-amino-alcohol motifs (C(OH)–C–C–N with tert-alkyl or cyclic N) is 1. The van der Waals surface area contributed by atoms with Gasteiger partial charge in [-0.25, -0.2) is 9.67 Å². The number of hydrogen-bond donors (Lipinski definition) is 1. The third-order valence-corrected chi connectivity index (χ3v) is 5.77. The van der Waals surface area contributed by atoms with Crippen LogP contribution in [0.1, 0.15) is 27.4 Å². The van der Waals surface area contributed by atoms with Crippen molar-refractivity contribution in [2.75, 3.05) is 13.1 Å². The zero-order valence-electron chi connectivity index (χ0n) is 15.9. The maximum atomic E-state index is 13.2. The molecule has 3 aromatic rings. The van der Waals surface area contributed by atoms with Crippen LogP contribution >= 0.6 is 11.3 Å². The van der Waals surface area contributed by atoms with E-state index in [4.69, 9.17) is 0 Å². The zero-order chi connectivity index (χ0) is 21.5. The lowest BCUT2D eigenvalue weighted by atomic mass is 9.97. The van der Waals surface area contributed by atoms with Gasteiger partial charge >= 0.3 is 6.18 Å². The lowest BCUT2D eigenvalue weighted by Gasteiger charge is -2.15. The van der Waals surface area contributed by atoms with Gasteiger partial charge in [-0.1, -0.05) is 0 Å². The average molecular weight is 437 g/mol. The van der Waals surface area contributed by atoms with E-state index in [0.717, 1.165) is 23.0 Å². The molecule has 1 amide bonds. The summed E-state index contributed by atoms with van der Waals surface area (Å²) in [5.74, 6) is -0.564. The number of aliphatic hydroxyl groups excluding tert-OH is 1. The minimum absolute atomic E-state index is 0.0352. The van der Waals surface area contributed by atoms with Crippen molar-refractivity contribution in [3.63, 3.8) is 0 Å². The maximum absolute atomic E-state index is 13.2. The quantitative estimate of drug-likeness (QED) is 0.679. The van der Waals surface area contributed by atoms with Gasteiger partial charge in [0, 0.05) is 36.8 Å². The van der Waals surface area contributed by atoms with Crippen molar-refractivity contribution in [1.29, 1.82) is 0 Å². The van der Waals surface area contributed by atoms with Crippen molar-refractivity contribution in [1.82, 2.24) is 24.6 Å². The van der Waals surface area contributed by atoms with Crippen LogP contribution in [0.4, 0.5) is 13.2 Å². The van der Waals surface area contributed by atoms with Crippen LogP contribution in [0.15, 0.2) is 36.0 Å². The van der Waals surface area contributed by atoms with Gasteiger partial charge in [0.05, 0.1) is 11.8 Å². The van der Waals surface area contributed by atoms with Crippen LogP contribution in [0.5, 0.6) is 0 Å². The molecule has 1 aliphatic heterocycles. The lowest BCUT2D eigenvalue weighted by Crippen LogP contribution is -2.30. The first kappa shape index (κ1) is 20.5. The number of likely N-dealkylation sites (tertiary alicyclic amines) is 1. The van der Waals surface area contributed by atoms with Gasteiger partial charge < -0.3 is 10.0 Å². The van der Waals surface area contributed by atoms with Crippen molar-refractivity contribution >= 4 is 17.2 Å². The molecule has 4 heterocycles. The smallest absolute Gasteiger partial charge is 0.391 e. The molecule has 0 bridgehead atoms. The number of aliphatic hydroxyl groups is 1. The van der Waals surface area contributed by atoms with Gasteiger partial charge in [0.15, 0.2) is 5.69 Å². The Kier molecular flexibility index (Phi) is 5.33. The molecule has 0 aliphatic carbocycles. The number of alkyl halides is 3. The predicted molar refractivity (Wildman–Crippen MR) is 102 cm³/mol. The number of thiazole rings is 1. The molecule has 0 saturated carbocycles. The van der Waals surface area contributed by atoms with E-state index in [9.17, 15) is 23.1 Å². The number of halogens is 3. The Morgan fingerprint density at radius 2 is 2.03 bits per heavy atom. The third-order valence-electron chi connectivity index (χ3n) is 4.96. The highest BCUT2D eigenvalue weighted by Gasteiger charge is 2.38. The van der Waals surface area contributed by atoms with Gasteiger partial charge in [0.25, 0.3) is 5.91 Å². The molecule has 1 saturated heterocycles. The number of hydrogen-bond acceptors (Lipinski definition) is 6. The Morgan fingerprint density at radius 1 is 1.30 bits per heavy atom. The van der Waals surface area contributed by atoms with E-state index >= 15 is 0 Å². The Labute approximate surface area is 173 Å². The van der Waals surface area contributed by atoms with E-state index < -0.39 is 23.9 Å². The molecule has 7 nitrogen and oxygen atoms in total. The van der Waals surface area contributed by atoms with Crippen LogP contribution in [-0.4, -0.2) is 54.9 Å². The number of carbonyl (C=O) groups is 1. The van der Waals surface area contributed by atoms with Gasteiger partial charge in [-0.3, -0.25) is 9.78 Å². The van der Waals surface area contributed by atoms with Crippen molar-refractivity contribution in [3.8, 4) is 5.13 Å². The highest BCUT2D eigenvalue weighted by atomic mass is 32.1. The first-order valence-corrected chi connectivity index (χ1v) is 10.1. The zero-order valence-corrected chi connectivity index (χ0v) is 16.7. The monoisotopic (exact) mass is 437 g/mol. The molecule has 2 atom stereocenters. The minimum Gasteiger partial charge on any atom is -0.391 e. The van der Waals surface area contributed by atoms with Crippen molar-refractivity contribution in [2.45, 2.75) is 25.6 Å². The molecule has 3 aromatic heterocycles. The molecule has 0 unspecified atom stereocenters. The fourth-order valence-corrected chi connectivity index (χ4v) is 4.27. The molecular formula is C19H18F3N5O2S. The number of carbonyl (C=O) groups excluding carboxylic acids is 1. The molecule has 4 rings (SSSR count). The first-order valence-electron chi connectivity index (χ1n) is 9.18. The summed E-state index contributed by atoms with van der Waals surface area (Å²) in [6.07, 6.45) is -1.34. The maximum Gasteiger partial charge on any atom is 0.433 e. The minimum atomic E-state index is -4.59. The van der Waals surface area contributed by atoms with Gasteiger partial charge in [0.1, 0.15) is 5.69 Å². The van der Waals surface area contributed by atoms with Crippen LogP contribution in [0, 0.1) is 12.8 Å². The molecule has 1 aliphatic rings. The molecule has 11 heteroatoms. The average Bonchev–Trinajstić information content (AvgIpc) is 3.40. The fourth-order valence-electron chi connectivity index (χ4n) is 3.51. The van der Waals surface area contributed by atoms with E-state index in [1.165, 1.54) is 17.2 Å². The molecule has 0 spiro atoms. The Morgan fingerprint density at radius 3 is 2.73 bits per heavy atom. The summed E-state index contributed by atoms with van der Waals surface area (Å²) < 4.78 is 40.4. The summed E-state index contributed by atoms with van der Waals surface area (Å²) in [5, 5.41) is 15.6. The van der Waals surface area contributed by atoms with Crippen LogP contribution in [-0.2, 0) is 12.6 Å². The summed E-state index contributed by atoms with van der Waals surface area (Å²) in [5.41, 5.74) is 0.301.